The molecular formula is C20H22N2. The molecule has 0 saturated heterocycles. The molecule has 2 N–H and O–H groups in total. The molecule has 3 rings (SSSR count). The Morgan fingerprint density at radius 1 is 1.36 bits per heavy atom. The number of benzene rings is 1. The van der Waals surface area contributed by atoms with Crippen molar-refractivity contribution in [1.29, 1.82) is 0 Å². The number of aromatic nitrogens is 1. The number of anilines is 1. The molecule has 1 aliphatic rings. The number of hydrogen-bond donors (Lipinski definition) is 1. The highest BCUT2D eigenvalue weighted by Crippen LogP contribution is 2.56. The van der Waals surface area contributed by atoms with E-state index in [4.69, 9.17) is 5.73 Å². The van der Waals surface area contributed by atoms with E-state index < -0.39 is 0 Å². The molecule has 2 nitrogen and oxygen atoms in total. The van der Waals surface area contributed by atoms with Gasteiger partial charge in [0.2, 0.25) is 0 Å². The molecule has 0 aliphatic heterocycles. The number of nitrogens with zero attached hydrogens (tertiary/aromatic N) is 1. The predicted molar refractivity (Wildman–Crippen MR) is 93.4 cm³/mol. The van der Waals surface area contributed by atoms with Crippen LogP contribution in [0.4, 0.5) is 5.82 Å². The summed E-state index contributed by atoms with van der Waals surface area (Å²) < 4.78 is 0. The lowest BCUT2D eigenvalue weighted by molar-refractivity contribution is 0.607. The number of nitrogens with two attached hydrogens (primary N) is 1. The van der Waals surface area contributed by atoms with Crippen molar-refractivity contribution in [2.75, 3.05) is 5.73 Å². The van der Waals surface area contributed by atoms with Crippen LogP contribution in [-0.2, 0) is 5.41 Å². The van der Waals surface area contributed by atoms with Crippen molar-refractivity contribution in [2.45, 2.75) is 32.1 Å². The van der Waals surface area contributed by atoms with Gasteiger partial charge in [-0.15, -0.1) is 5.73 Å². The van der Waals surface area contributed by atoms with Gasteiger partial charge < -0.3 is 5.73 Å². The Balaban J connectivity index is 1.94. The SMILES string of the molecule is C=C=Cc1cc(-c2ccc(C3(CC)CC3C)cc2)cnc1N. The summed E-state index contributed by atoms with van der Waals surface area (Å²) in [4.78, 5) is 4.26. The smallest absolute Gasteiger partial charge is 0.131 e. The van der Waals surface area contributed by atoms with Crippen molar-refractivity contribution in [3.05, 3.63) is 60.0 Å². The van der Waals surface area contributed by atoms with E-state index in [1.807, 2.05) is 12.3 Å². The van der Waals surface area contributed by atoms with Gasteiger partial charge in [0.05, 0.1) is 0 Å². The fourth-order valence-corrected chi connectivity index (χ4v) is 3.46. The summed E-state index contributed by atoms with van der Waals surface area (Å²) in [5.74, 6) is 1.30. The van der Waals surface area contributed by atoms with Crippen LogP contribution in [0.2, 0.25) is 0 Å². The first-order chi connectivity index (χ1) is 10.6. The van der Waals surface area contributed by atoms with Gasteiger partial charge in [-0.1, -0.05) is 44.7 Å². The van der Waals surface area contributed by atoms with Gasteiger partial charge in [-0.2, -0.15) is 0 Å². The van der Waals surface area contributed by atoms with Crippen LogP contribution in [0.5, 0.6) is 0 Å². The minimum Gasteiger partial charge on any atom is -0.383 e. The largest absolute Gasteiger partial charge is 0.383 e. The van der Waals surface area contributed by atoms with E-state index in [2.05, 4.69) is 55.4 Å². The molecule has 2 atom stereocenters. The third-order valence-corrected chi connectivity index (χ3v) is 5.08. The summed E-state index contributed by atoms with van der Waals surface area (Å²) in [5.41, 5.74) is 13.6. The van der Waals surface area contributed by atoms with Crippen LogP contribution in [-0.4, -0.2) is 4.98 Å². The van der Waals surface area contributed by atoms with Crippen LogP contribution < -0.4 is 5.73 Å². The van der Waals surface area contributed by atoms with Gasteiger partial charge >= 0.3 is 0 Å². The maximum atomic E-state index is 5.87. The maximum Gasteiger partial charge on any atom is 0.131 e. The zero-order valence-electron chi connectivity index (χ0n) is 13.3. The third-order valence-electron chi connectivity index (χ3n) is 5.08. The van der Waals surface area contributed by atoms with Crippen molar-refractivity contribution >= 4 is 11.9 Å². The van der Waals surface area contributed by atoms with E-state index in [-0.39, 0.29) is 0 Å². The summed E-state index contributed by atoms with van der Waals surface area (Å²) in [6.45, 7) is 8.23. The van der Waals surface area contributed by atoms with Gasteiger partial charge in [0, 0.05) is 17.3 Å². The van der Waals surface area contributed by atoms with E-state index in [0.717, 1.165) is 22.6 Å². The van der Waals surface area contributed by atoms with Crippen LogP contribution in [0.3, 0.4) is 0 Å². The van der Waals surface area contributed by atoms with Crippen molar-refractivity contribution in [1.82, 2.24) is 4.98 Å². The second kappa shape index (κ2) is 5.47. The normalized spacial score (nSPS) is 22.9. The molecule has 1 heterocycles. The molecule has 22 heavy (non-hydrogen) atoms. The topological polar surface area (TPSA) is 38.9 Å². The number of hydrogen-bond acceptors (Lipinski definition) is 2. The van der Waals surface area contributed by atoms with Crippen molar-refractivity contribution < 1.29 is 0 Å². The Kier molecular flexibility index (Phi) is 3.64. The molecule has 1 saturated carbocycles. The molecule has 2 aromatic rings. The lowest BCUT2D eigenvalue weighted by Gasteiger charge is -2.15. The summed E-state index contributed by atoms with van der Waals surface area (Å²) in [6, 6.07) is 10.9. The first-order valence-electron chi connectivity index (χ1n) is 7.83. The Bertz CT molecular complexity index is 735. The van der Waals surface area contributed by atoms with Gasteiger partial charge in [-0.25, -0.2) is 4.98 Å². The highest BCUT2D eigenvalue weighted by atomic mass is 14.8. The first kappa shape index (κ1) is 14.6. The Morgan fingerprint density at radius 3 is 2.59 bits per heavy atom. The van der Waals surface area contributed by atoms with Crippen LogP contribution >= 0.6 is 0 Å². The van der Waals surface area contributed by atoms with Crippen LogP contribution in [0, 0.1) is 5.92 Å². The lowest BCUT2D eigenvalue weighted by Crippen LogP contribution is -2.07. The molecule has 0 spiro atoms. The highest BCUT2D eigenvalue weighted by Gasteiger charge is 2.50. The second-order valence-electron chi connectivity index (χ2n) is 6.24. The summed E-state index contributed by atoms with van der Waals surface area (Å²) in [6.07, 6.45) is 6.10. The standard InChI is InChI=1S/C20H22N2/c1-4-6-16-11-17(13-22-19(16)21)15-7-9-18(10-8-15)20(5-2)12-14(20)3/h6-11,13-14H,1,5,12H2,2-3H3,(H2,21,22). The monoisotopic (exact) mass is 290 g/mol. The average Bonchev–Trinajstić information content (AvgIpc) is 3.22. The molecule has 1 fully saturated rings. The van der Waals surface area contributed by atoms with Crippen molar-refractivity contribution in [2.24, 2.45) is 5.92 Å². The zero-order chi connectivity index (χ0) is 15.7. The zero-order valence-corrected chi connectivity index (χ0v) is 13.3. The molecule has 0 radical (unpaired) electrons. The molecule has 1 aliphatic carbocycles. The number of rotatable bonds is 4. The molecule has 1 aromatic heterocycles. The van der Waals surface area contributed by atoms with Crippen LogP contribution in [0.1, 0.15) is 37.8 Å². The molecule has 2 heteroatoms. The summed E-state index contributed by atoms with van der Waals surface area (Å²) in [7, 11) is 0. The molecular weight excluding hydrogens is 268 g/mol. The van der Waals surface area contributed by atoms with E-state index in [1.165, 1.54) is 18.4 Å². The Morgan fingerprint density at radius 2 is 2.05 bits per heavy atom. The van der Waals surface area contributed by atoms with Gasteiger partial charge in [0.1, 0.15) is 5.82 Å². The van der Waals surface area contributed by atoms with E-state index in [9.17, 15) is 0 Å². The van der Waals surface area contributed by atoms with E-state index in [0.29, 0.717) is 11.2 Å². The summed E-state index contributed by atoms with van der Waals surface area (Å²) >= 11 is 0. The molecule has 0 amide bonds. The fourth-order valence-electron chi connectivity index (χ4n) is 3.46. The number of nitrogen functional groups attached to an aromatic ring is 1. The van der Waals surface area contributed by atoms with E-state index in [1.54, 1.807) is 6.08 Å². The fraction of sp³-hybridized carbons (Fsp3) is 0.300. The maximum absolute atomic E-state index is 5.87. The van der Waals surface area contributed by atoms with Gasteiger partial charge in [-0.05, 0) is 47.4 Å². The Labute approximate surface area is 132 Å². The van der Waals surface area contributed by atoms with E-state index >= 15 is 0 Å². The first-order valence-corrected chi connectivity index (χ1v) is 7.83. The summed E-state index contributed by atoms with van der Waals surface area (Å²) in [5, 5.41) is 0. The van der Waals surface area contributed by atoms with Crippen molar-refractivity contribution in [3.63, 3.8) is 0 Å². The molecule has 112 valence electrons. The molecule has 1 aromatic carbocycles. The number of pyridine rings is 1. The van der Waals surface area contributed by atoms with Crippen LogP contribution in [0.25, 0.3) is 17.2 Å². The molecule has 2 unspecified atom stereocenters. The second-order valence-corrected chi connectivity index (χ2v) is 6.24. The average molecular weight is 290 g/mol. The van der Waals surface area contributed by atoms with Crippen LogP contribution in [0.15, 0.2) is 48.8 Å². The Hall–Kier alpha value is -2.31. The molecule has 0 bridgehead atoms. The highest BCUT2D eigenvalue weighted by molar-refractivity contribution is 5.71. The van der Waals surface area contributed by atoms with Crippen molar-refractivity contribution in [3.8, 4) is 11.1 Å². The predicted octanol–water partition coefficient (Wildman–Crippen LogP) is 4.82. The third kappa shape index (κ3) is 2.36. The van der Waals surface area contributed by atoms with Gasteiger partial charge in [0.25, 0.3) is 0 Å². The van der Waals surface area contributed by atoms with Gasteiger partial charge in [0.15, 0.2) is 0 Å². The minimum atomic E-state index is 0.411. The lowest BCUT2D eigenvalue weighted by atomic mass is 9.89. The van der Waals surface area contributed by atoms with Gasteiger partial charge in [-0.3, -0.25) is 0 Å². The minimum absolute atomic E-state index is 0.411. The quantitative estimate of drug-likeness (QED) is 0.820.